The number of hydrogen-bond acceptors (Lipinski definition) is 6. The Kier molecular flexibility index (Phi) is 3.42. The van der Waals surface area contributed by atoms with Crippen molar-refractivity contribution in [3.8, 4) is 0 Å². The van der Waals surface area contributed by atoms with Gasteiger partial charge in [-0.05, 0) is 6.92 Å². The van der Waals surface area contributed by atoms with E-state index in [1.165, 1.54) is 6.92 Å². The summed E-state index contributed by atoms with van der Waals surface area (Å²) in [6.45, 7) is 1.17. The van der Waals surface area contributed by atoms with Gasteiger partial charge in [-0.3, -0.25) is 9.69 Å². The molecule has 2 aliphatic rings. The van der Waals surface area contributed by atoms with Gasteiger partial charge in [-0.1, -0.05) is 11.8 Å². The first-order valence-electron chi connectivity index (χ1n) is 5.41. The fourth-order valence-corrected chi connectivity index (χ4v) is 3.61. The second kappa shape index (κ2) is 4.74. The van der Waals surface area contributed by atoms with Gasteiger partial charge in [-0.2, -0.15) is 0 Å². The molecule has 0 aliphatic carbocycles. The number of aliphatic hydroxyl groups is 1. The van der Waals surface area contributed by atoms with E-state index in [-0.39, 0.29) is 17.2 Å². The number of carbonyl (C=O) groups is 3. The van der Waals surface area contributed by atoms with Gasteiger partial charge < -0.3 is 20.7 Å². The molecule has 0 aromatic rings. The number of carbonyl (C=O) groups excluding carboxylic acids is 2. The molecule has 2 aliphatic heterocycles. The maximum absolute atomic E-state index is 11.8. The number of nitrogens with zero attached hydrogens (tertiary/aromatic N) is 1. The molecule has 2 amide bonds. The fourth-order valence-electron chi connectivity index (χ4n) is 2.09. The lowest BCUT2D eigenvalue weighted by molar-refractivity contribution is -0.156. The number of rotatable bonds is 4. The van der Waals surface area contributed by atoms with E-state index in [9.17, 15) is 19.5 Å². The van der Waals surface area contributed by atoms with E-state index in [0.717, 1.165) is 16.7 Å². The number of hydrogen-bond donors (Lipinski definition) is 3. The number of aliphatic carboxylic acids is 1. The molecule has 1 fully saturated rings. The van der Waals surface area contributed by atoms with Gasteiger partial charge in [0.25, 0.3) is 0 Å². The Morgan fingerprint density at radius 1 is 1.58 bits per heavy atom. The fraction of sp³-hybridized carbons (Fsp3) is 0.500. The van der Waals surface area contributed by atoms with Crippen molar-refractivity contribution in [1.82, 2.24) is 4.90 Å². The van der Waals surface area contributed by atoms with Crippen LogP contribution in [0.3, 0.4) is 0 Å². The maximum Gasteiger partial charge on any atom is 0.404 e. The first-order chi connectivity index (χ1) is 8.84. The van der Waals surface area contributed by atoms with Crippen LogP contribution in [-0.2, 0) is 14.3 Å². The highest BCUT2D eigenvalue weighted by Gasteiger charge is 2.57. The van der Waals surface area contributed by atoms with Crippen molar-refractivity contribution in [2.45, 2.75) is 18.4 Å². The Hall–Kier alpha value is -1.74. The van der Waals surface area contributed by atoms with Crippen LogP contribution >= 0.6 is 11.8 Å². The van der Waals surface area contributed by atoms with E-state index in [1.807, 2.05) is 0 Å². The molecule has 9 heteroatoms. The zero-order valence-corrected chi connectivity index (χ0v) is 10.7. The molecule has 0 radical (unpaired) electrons. The number of carboxylic acids is 1. The van der Waals surface area contributed by atoms with Gasteiger partial charge >= 0.3 is 12.1 Å². The third kappa shape index (κ3) is 2.15. The van der Waals surface area contributed by atoms with Gasteiger partial charge in [0, 0.05) is 0 Å². The zero-order chi connectivity index (χ0) is 14.3. The topological polar surface area (TPSA) is 130 Å². The Bertz CT molecular complexity index is 488. The van der Waals surface area contributed by atoms with Crippen molar-refractivity contribution in [1.29, 1.82) is 0 Å². The Labute approximate surface area is 112 Å². The highest BCUT2D eigenvalue weighted by molar-refractivity contribution is 8.04. The number of thioether (sulfide) groups is 1. The molecular weight excluding hydrogens is 276 g/mol. The Morgan fingerprint density at radius 3 is 2.68 bits per heavy atom. The van der Waals surface area contributed by atoms with Crippen molar-refractivity contribution in [3.63, 3.8) is 0 Å². The van der Waals surface area contributed by atoms with E-state index < -0.39 is 35.4 Å². The summed E-state index contributed by atoms with van der Waals surface area (Å²) in [6, 6.07) is 0. The van der Waals surface area contributed by atoms with Crippen molar-refractivity contribution in [2.24, 2.45) is 11.7 Å². The quantitative estimate of drug-likeness (QED) is 0.582. The normalized spacial score (nSPS) is 26.8. The Balaban J connectivity index is 2.21. The Morgan fingerprint density at radius 2 is 2.21 bits per heavy atom. The van der Waals surface area contributed by atoms with E-state index in [1.54, 1.807) is 0 Å². The summed E-state index contributed by atoms with van der Waals surface area (Å²) < 4.78 is 4.56. The number of carboxylic acid groups (broad SMARTS) is 1. The van der Waals surface area contributed by atoms with E-state index in [0.29, 0.717) is 0 Å². The summed E-state index contributed by atoms with van der Waals surface area (Å²) in [5, 5.41) is 18.1. The predicted octanol–water partition coefficient (Wildman–Crippen LogP) is -0.710. The van der Waals surface area contributed by atoms with Crippen LogP contribution in [0.15, 0.2) is 10.6 Å². The molecule has 2 rings (SSSR count). The van der Waals surface area contributed by atoms with Crippen molar-refractivity contribution in [3.05, 3.63) is 10.6 Å². The minimum Gasteiger partial charge on any atom is -0.477 e. The summed E-state index contributed by atoms with van der Waals surface area (Å²) in [5.74, 6) is -2.38. The summed E-state index contributed by atoms with van der Waals surface area (Å²) in [4.78, 5) is 34.9. The van der Waals surface area contributed by atoms with Crippen LogP contribution < -0.4 is 5.73 Å². The number of amides is 2. The summed E-state index contributed by atoms with van der Waals surface area (Å²) in [5.41, 5.74) is 4.61. The lowest BCUT2D eigenvalue weighted by Crippen LogP contribution is -2.60. The molecule has 8 nitrogen and oxygen atoms in total. The van der Waals surface area contributed by atoms with Crippen molar-refractivity contribution < 1.29 is 29.3 Å². The number of aliphatic hydroxyl groups excluding tert-OH is 1. The average molecular weight is 288 g/mol. The van der Waals surface area contributed by atoms with Crippen LogP contribution in [0.4, 0.5) is 4.79 Å². The second-order valence-corrected chi connectivity index (χ2v) is 5.38. The second-order valence-electron chi connectivity index (χ2n) is 4.17. The third-order valence-electron chi connectivity index (χ3n) is 2.92. The van der Waals surface area contributed by atoms with E-state index >= 15 is 0 Å². The number of primary amides is 1. The molecule has 19 heavy (non-hydrogen) atoms. The van der Waals surface area contributed by atoms with Crippen LogP contribution in [-0.4, -0.2) is 51.2 Å². The number of nitrogens with two attached hydrogens (primary N) is 1. The molecule has 2 heterocycles. The molecule has 104 valence electrons. The number of ether oxygens (including phenoxy) is 1. The molecule has 0 aromatic heterocycles. The molecule has 0 saturated carbocycles. The number of fused-ring (bicyclic) bond motifs is 1. The van der Waals surface area contributed by atoms with Crippen molar-refractivity contribution >= 4 is 29.7 Å². The van der Waals surface area contributed by atoms with Gasteiger partial charge in [-0.25, -0.2) is 9.59 Å². The molecule has 4 N–H and O–H groups in total. The number of β-lactam (4-membered cyclic amide) rings is 1. The lowest BCUT2D eigenvalue weighted by atomic mass is 9.92. The van der Waals surface area contributed by atoms with Gasteiger partial charge in [0.1, 0.15) is 17.7 Å². The van der Waals surface area contributed by atoms with Crippen LogP contribution in [0.25, 0.3) is 0 Å². The van der Waals surface area contributed by atoms with Crippen LogP contribution in [0, 0.1) is 5.92 Å². The van der Waals surface area contributed by atoms with Crippen molar-refractivity contribution in [2.75, 3.05) is 6.61 Å². The van der Waals surface area contributed by atoms with Gasteiger partial charge in [0.2, 0.25) is 5.91 Å². The molecule has 0 spiro atoms. The van der Waals surface area contributed by atoms with E-state index in [2.05, 4.69) is 4.74 Å². The SMILES string of the molecule is C[C@@H](O)C1C(=O)N2C(C(=O)O)=C(COC(N)=O)S[C@H]12. The lowest BCUT2D eigenvalue weighted by Gasteiger charge is -2.43. The third-order valence-corrected chi connectivity index (χ3v) is 4.26. The molecule has 3 atom stereocenters. The molecular formula is C10H12N2O6S. The molecule has 0 bridgehead atoms. The summed E-state index contributed by atoms with van der Waals surface area (Å²) in [6.07, 6.45) is -1.89. The standard InChI is InChI=1S/C10H12N2O6S/c1-3(13)5-7(14)12-6(9(15)16)4(19-8(5)12)2-18-10(11)17/h3,5,8,13H,2H2,1H3,(H2,11,17)(H,15,16)/t3-,5?,8-/m1/s1. The maximum atomic E-state index is 11.8. The van der Waals surface area contributed by atoms with Gasteiger partial charge in [0.15, 0.2) is 0 Å². The first kappa shape index (κ1) is 13.7. The zero-order valence-electron chi connectivity index (χ0n) is 9.90. The molecule has 1 unspecified atom stereocenters. The molecule has 0 aromatic carbocycles. The van der Waals surface area contributed by atoms with Crippen LogP contribution in [0.1, 0.15) is 6.92 Å². The average Bonchev–Trinajstić information content (AvgIpc) is 2.60. The van der Waals surface area contributed by atoms with Gasteiger partial charge in [0.05, 0.1) is 16.9 Å². The van der Waals surface area contributed by atoms with Crippen LogP contribution in [0.5, 0.6) is 0 Å². The van der Waals surface area contributed by atoms with E-state index in [4.69, 9.17) is 10.8 Å². The predicted molar refractivity (Wildman–Crippen MR) is 63.6 cm³/mol. The smallest absolute Gasteiger partial charge is 0.404 e. The van der Waals surface area contributed by atoms with Crippen LogP contribution in [0.2, 0.25) is 0 Å². The van der Waals surface area contributed by atoms with Gasteiger partial charge in [-0.15, -0.1) is 0 Å². The minimum atomic E-state index is -1.28. The monoisotopic (exact) mass is 288 g/mol. The summed E-state index contributed by atoms with van der Waals surface area (Å²) >= 11 is 1.09. The highest BCUT2D eigenvalue weighted by atomic mass is 32.2. The first-order valence-corrected chi connectivity index (χ1v) is 6.29. The highest BCUT2D eigenvalue weighted by Crippen LogP contribution is 2.50. The molecule has 1 saturated heterocycles. The largest absolute Gasteiger partial charge is 0.477 e. The summed E-state index contributed by atoms with van der Waals surface area (Å²) in [7, 11) is 0. The minimum absolute atomic E-state index is 0.210.